The van der Waals surface area contributed by atoms with Crippen molar-refractivity contribution in [3.63, 3.8) is 0 Å². The van der Waals surface area contributed by atoms with Gasteiger partial charge in [-0.05, 0) is 19.3 Å². The lowest BCUT2D eigenvalue weighted by Gasteiger charge is -2.07. The summed E-state index contributed by atoms with van der Waals surface area (Å²) >= 11 is 5.90. The van der Waals surface area contributed by atoms with Gasteiger partial charge < -0.3 is 14.8 Å². The Bertz CT molecular complexity index is 350. The number of nitrogens with one attached hydrogen (secondary N) is 1. The van der Waals surface area contributed by atoms with Crippen LogP contribution in [-0.2, 0) is 16.1 Å². The van der Waals surface area contributed by atoms with Crippen LogP contribution in [0.2, 0.25) is 5.15 Å². The Balaban J connectivity index is 2.32. The third-order valence-corrected chi connectivity index (χ3v) is 2.54. The number of anilines is 1. The monoisotopic (exact) mass is 273 g/mol. The third kappa shape index (κ3) is 6.14. The summed E-state index contributed by atoms with van der Waals surface area (Å²) in [4.78, 5) is 8.37. The molecule has 102 valence electrons. The number of hydrogen-bond acceptors (Lipinski definition) is 5. The molecule has 1 aromatic rings. The number of nitrogens with zero attached hydrogens (tertiary/aromatic N) is 2. The fourth-order valence-corrected chi connectivity index (χ4v) is 1.71. The second kappa shape index (κ2) is 9.08. The van der Waals surface area contributed by atoms with Gasteiger partial charge in [-0.3, -0.25) is 0 Å². The summed E-state index contributed by atoms with van der Waals surface area (Å²) in [6.07, 6.45) is 3.28. The van der Waals surface area contributed by atoms with E-state index in [1.54, 1.807) is 20.3 Å². The zero-order valence-electron chi connectivity index (χ0n) is 10.9. The van der Waals surface area contributed by atoms with Crippen molar-refractivity contribution in [1.82, 2.24) is 9.97 Å². The molecule has 1 rings (SSSR count). The van der Waals surface area contributed by atoms with Crippen LogP contribution in [0.25, 0.3) is 0 Å². The molecule has 0 spiro atoms. The van der Waals surface area contributed by atoms with E-state index in [4.69, 9.17) is 21.1 Å². The van der Waals surface area contributed by atoms with Crippen molar-refractivity contribution >= 4 is 17.4 Å². The van der Waals surface area contributed by atoms with Gasteiger partial charge in [0.2, 0.25) is 0 Å². The van der Waals surface area contributed by atoms with Crippen LogP contribution in [-0.4, -0.2) is 37.3 Å². The zero-order valence-corrected chi connectivity index (χ0v) is 11.7. The standard InChI is InChI=1S/C12H20ClN3O2/c1-17-7-5-3-4-6-14-11-8-10(13)15-12(16-11)9-18-2/h8H,3-7,9H2,1-2H3,(H,14,15,16). The molecule has 0 aliphatic heterocycles. The second-order valence-electron chi connectivity index (χ2n) is 3.91. The van der Waals surface area contributed by atoms with Crippen molar-refractivity contribution in [3.05, 3.63) is 17.0 Å². The quantitative estimate of drug-likeness (QED) is 0.553. The number of rotatable bonds is 9. The Morgan fingerprint density at radius 3 is 2.72 bits per heavy atom. The molecule has 0 fully saturated rings. The molecule has 0 saturated carbocycles. The molecule has 1 N–H and O–H groups in total. The molecular weight excluding hydrogens is 254 g/mol. The maximum absolute atomic E-state index is 5.90. The zero-order chi connectivity index (χ0) is 13.2. The maximum Gasteiger partial charge on any atom is 0.158 e. The highest BCUT2D eigenvalue weighted by Gasteiger charge is 2.02. The molecule has 5 nitrogen and oxygen atoms in total. The highest BCUT2D eigenvalue weighted by molar-refractivity contribution is 6.29. The minimum absolute atomic E-state index is 0.364. The van der Waals surface area contributed by atoms with Crippen LogP contribution in [0, 0.1) is 0 Å². The van der Waals surface area contributed by atoms with Crippen LogP contribution in [0.15, 0.2) is 6.07 Å². The molecule has 0 amide bonds. The molecular formula is C12H20ClN3O2. The molecule has 0 radical (unpaired) electrons. The van der Waals surface area contributed by atoms with Gasteiger partial charge in [-0.1, -0.05) is 11.6 Å². The molecule has 0 aromatic carbocycles. The molecule has 0 aliphatic carbocycles. The van der Waals surface area contributed by atoms with E-state index >= 15 is 0 Å². The van der Waals surface area contributed by atoms with Gasteiger partial charge >= 0.3 is 0 Å². The summed E-state index contributed by atoms with van der Waals surface area (Å²) in [5, 5.41) is 3.66. The van der Waals surface area contributed by atoms with E-state index < -0.39 is 0 Å². The number of methoxy groups -OCH3 is 2. The van der Waals surface area contributed by atoms with Gasteiger partial charge in [0.05, 0.1) is 0 Å². The Morgan fingerprint density at radius 2 is 2.00 bits per heavy atom. The summed E-state index contributed by atoms with van der Waals surface area (Å²) in [5.74, 6) is 1.33. The maximum atomic E-state index is 5.90. The lowest BCUT2D eigenvalue weighted by molar-refractivity contribution is 0.178. The molecule has 0 bridgehead atoms. The van der Waals surface area contributed by atoms with Crippen LogP contribution in [0.4, 0.5) is 5.82 Å². The van der Waals surface area contributed by atoms with Crippen LogP contribution >= 0.6 is 11.6 Å². The first-order valence-electron chi connectivity index (χ1n) is 6.01. The fourth-order valence-electron chi connectivity index (χ4n) is 1.51. The van der Waals surface area contributed by atoms with Gasteiger partial charge in [0, 0.05) is 33.4 Å². The van der Waals surface area contributed by atoms with Crippen molar-refractivity contribution < 1.29 is 9.47 Å². The van der Waals surface area contributed by atoms with E-state index in [0.29, 0.717) is 17.6 Å². The summed E-state index contributed by atoms with van der Waals surface area (Å²) in [6, 6.07) is 1.72. The molecule has 6 heteroatoms. The van der Waals surface area contributed by atoms with Gasteiger partial charge in [0.1, 0.15) is 17.6 Å². The summed E-state index contributed by atoms with van der Waals surface area (Å²) in [7, 11) is 3.33. The predicted molar refractivity (Wildman–Crippen MR) is 72.0 cm³/mol. The van der Waals surface area contributed by atoms with Gasteiger partial charge in [-0.25, -0.2) is 9.97 Å². The first-order valence-corrected chi connectivity index (χ1v) is 6.39. The van der Waals surface area contributed by atoms with Gasteiger partial charge in [-0.2, -0.15) is 0 Å². The Kier molecular flexibility index (Phi) is 7.64. The van der Waals surface area contributed by atoms with Crippen LogP contribution < -0.4 is 5.32 Å². The topological polar surface area (TPSA) is 56.3 Å². The largest absolute Gasteiger partial charge is 0.385 e. The first kappa shape index (κ1) is 15.1. The molecule has 18 heavy (non-hydrogen) atoms. The minimum Gasteiger partial charge on any atom is -0.385 e. The second-order valence-corrected chi connectivity index (χ2v) is 4.29. The lowest BCUT2D eigenvalue weighted by Crippen LogP contribution is -2.07. The molecule has 0 atom stereocenters. The summed E-state index contributed by atoms with van der Waals surface area (Å²) < 4.78 is 9.98. The number of unbranched alkanes of at least 4 members (excludes halogenated alkanes) is 2. The third-order valence-electron chi connectivity index (χ3n) is 2.35. The SMILES string of the molecule is COCCCCCNc1cc(Cl)nc(COC)n1. The van der Waals surface area contributed by atoms with Crippen LogP contribution in [0.3, 0.4) is 0 Å². The van der Waals surface area contributed by atoms with Crippen molar-refractivity contribution in [3.8, 4) is 0 Å². The van der Waals surface area contributed by atoms with E-state index in [1.807, 2.05) is 0 Å². The lowest BCUT2D eigenvalue weighted by atomic mass is 10.2. The summed E-state index contributed by atoms with van der Waals surface area (Å²) in [5.41, 5.74) is 0. The van der Waals surface area contributed by atoms with Crippen LogP contribution in [0.1, 0.15) is 25.1 Å². The molecule has 0 saturated heterocycles. The highest BCUT2D eigenvalue weighted by atomic mass is 35.5. The first-order chi connectivity index (χ1) is 8.76. The number of halogens is 1. The normalized spacial score (nSPS) is 10.6. The van der Waals surface area contributed by atoms with E-state index in [2.05, 4.69) is 15.3 Å². The van der Waals surface area contributed by atoms with Gasteiger partial charge in [0.15, 0.2) is 5.82 Å². The minimum atomic E-state index is 0.364. The van der Waals surface area contributed by atoms with E-state index in [1.165, 1.54) is 0 Å². The van der Waals surface area contributed by atoms with E-state index in [0.717, 1.165) is 38.2 Å². The Hall–Kier alpha value is -0.910. The van der Waals surface area contributed by atoms with E-state index in [-0.39, 0.29) is 0 Å². The number of ether oxygens (including phenoxy) is 2. The molecule has 1 aromatic heterocycles. The smallest absolute Gasteiger partial charge is 0.158 e. The van der Waals surface area contributed by atoms with Crippen molar-refractivity contribution in [2.45, 2.75) is 25.9 Å². The van der Waals surface area contributed by atoms with Crippen molar-refractivity contribution in [1.29, 1.82) is 0 Å². The highest BCUT2D eigenvalue weighted by Crippen LogP contribution is 2.12. The molecule has 0 aliphatic rings. The number of hydrogen-bond donors (Lipinski definition) is 1. The van der Waals surface area contributed by atoms with Crippen molar-refractivity contribution in [2.24, 2.45) is 0 Å². The van der Waals surface area contributed by atoms with E-state index in [9.17, 15) is 0 Å². The Labute approximate surface area is 113 Å². The van der Waals surface area contributed by atoms with Crippen LogP contribution in [0.5, 0.6) is 0 Å². The summed E-state index contributed by atoms with van der Waals surface area (Å²) in [6.45, 7) is 2.05. The average molecular weight is 274 g/mol. The number of aromatic nitrogens is 2. The molecule has 1 heterocycles. The van der Waals surface area contributed by atoms with Crippen molar-refractivity contribution in [2.75, 3.05) is 32.7 Å². The van der Waals surface area contributed by atoms with Gasteiger partial charge in [-0.15, -0.1) is 0 Å². The Morgan fingerprint density at radius 1 is 1.17 bits per heavy atom. The average Bonchev–Trinajstić information content (AvgIpc) is 2.33. The van der Waals surface area contributed by atoms with Gasteiger partial charge in [0.25, 0.3) is 0 Å². The molecule has 0 unspecified atom stereocenters. The predicted octanol–water partition coefficient (Wildman–Crippen LogP) is 2.51. The fraction of sp³-hybridized carbons (Fsp3) is 0.667.